The highest BCUT2D eigenvalue weighted by atomic mass is 15.2. The minimum atomic E-state index is 0.628. The van der Waals surface area contributed by atoms with Gasteiger partial charge in [0.25, 0.3) is 0 Å². The number of nitrogens with zero attached hydrogens (tertiary/aromatic N) is 1. The second-order valence-corrected chi connectivity index (χ2v) is 5.51. The van der Waals surface area contributed by atoms with Crippen LogP contribution in [0.1, 0.15) is 37.7 Å². The Morgan fingerprint density at radius 2 is 2.06 bits per heavy atom. The molecule has 0 radical (unpaired) electrons. The van der Waals surface area contributed by atoms with Crippen LogP contribution < -0.4 is 5.32 Å². The van der Waals surface area contributed by atoms with Crippen LogP contribution in [-0.2, 0) is 0 Å². The minimum absolute atomic E-state index is 0.628. The molecule has 1 aromatic rings. The quantitative estimate of drug-likeness (QED) is 0.859. The summed E-state index contributed by atoms with van der Waals surface area (Å²) in [7, 11) is 2.06. The number of nitrogens with one attached hydrogen (secondary N) is 1. The van der Waals surface area contributed by atoms with Crippen LogP contribution in [0.4, 0.5) is 0 Å². The average molecular weight is 246 g/mol. The Labute approximate surface area is 111 Å². The van der Waals surface area contributed by atoms with Crippen LogP contribution >= 0.6 is 0 Å². The molecule has 2 nitrogen and oxygen atoms in total. The molecule has 0 bridgehead atoms. The molecule has 2 heteroatoms. The van der Waals surface area contributed by atoms with Gasteiger partial charge in [-0.3, -0.25) is 4.90 Å². The van der Waals surface area contributed by atoms with Crippen LogP contribution in [0.3, 0.4) is 0 Å². The van der Waals surface area contributed by atoms with Crippen molar-refractivity contribution < 1.29 is 0 Å². The summed E-state index contributed by atoms with van der Waals surface area (Å²) < 4.78 is 0. The molecule has 100 valence electrons. The van der Waals surface area contributed by atoms with Crippen molar-refractivity contribution in [3.8, 4) is 0 Å². The van der Waals surface area contributed by atoms with Gasteiger partial charge in [0.15, 0.2) is 0 Å². The second kappa shape index (κ2) is 6.91. The first-order valence-electron chi connectivity index (χ1n) is 7.25. The third kappa shape index (κ3) is 3.56. The summed E-state index contributed by atoms with van der Waals surface area (Å²) in [6.45, 7) is 5.93. The predicted molar refractivity (Wildman–Crippen MR) is 78.0 cm³/mol. The normalized spacial score (nSPS) is 22.9. The Hall–Kier alpha value is -0.860. The van der Waals surface area contributed by atoms with Crippen molar-refractivity contribution in [1.82, 2.24) is 10.2 Å². The van der Waals surface area contributed by atoms with E-state index in [1.165, 1.54) is 37.9 Å². The molecule has 2 rings (SSSR count). The van der Waals surface area contributed by atoms with Gasteiger partial charge in [0.05, 0.1) is 0 Å². The molecule has 0 saturated carbocycles. The molecule has 1 aliphatic heterocycles. The molecule has 2 atom stereocenters. The first kappa shape index (κ1) is 13.6. The van der Waals surface area contributed by atoms with Gasteiger partial charge in [0, 0.05) is 19.1 Å². The molecule has 1 aromatic carbocycles. The zero-order valence-corrected chi connectivity index (χ0v) is 11.7. The highest BCUT2D eigenvalue weighted by Gasteiger charge is 2.23. The maximum Gasteiger partial charge on any atom is 0.0220 e. The first-order valence-corrected chi connectivity index (χ1v) is 7.25. The highest BCUT2D eigenvalue weighted by molar-refractivity contribution is 5.19. The molecule has 1 N–H and O–H groups in total. The third-order valence-corrected chi connectivity index (χ3v) is 4.07. The lowest BCUT2D eigenvalue weighted by Crippen LogP contribution is -2.46. The van der Waals surface area contributed by atoms with Crippen LogP contribution in [-0.4, -0.2) is 37.6 Å². The van der Waals surface area contributed by atoms with E-state index in [1.807, 2.05) is 0 Å². The van der Waals surface area contributed by atoms with E-state index in [1.54, 1.807) is 0 Å². The Morgan fingerprint density at radius 3 is 2.78 bits per heavy atom. The van der Waals surface area contributed by atoms with Crippen molar-refractivity contribution in [2.24, 2.45) is 0 Å². The second-order valence-electron chi connectivity index (χ2n) is 5.51. The lowest BCUT2D eigenvalue weighted by Gasteiger charge is -2.37. The van der Waals surface area contributed by atoms with E-state index >= 15 is 0 Å². The molecule has 0 amide bonds. The fraction of sp³-hybridized carbons (Fsp3) is 0.625. The van der Waals surface area contributed by atoms with Gasteiger partial charge in [-0.05, 0) is 37.9 Å². The number of likely N-dealkylation sites (tertiary alicyclic amines) is 1. The molecular formula is C16H26N2. The summed E-state index contributed by atoms with van der Waals surface area (Å²) in [6.07, 6.45) is 4.10. The maximum atomic E-state index is 3.34. The van der Waals surface area contributed by atoms with E-state index < -0.39 is 0 Å². The lowest BCUT2D eigenvalue weighted by molar-refractivity contribution is 0.140. The van der Waals surface area contributed by atoms with Gasteiger partial charge in [-0.25, -0.2) is 0 Å². The molecule has 1 aliphatic rings. The van der Waals surface area contributed by atoms with Crippen LogP contribution in [0.5, 0.6) is 0 Å². The van der Waals surface area contributed by atoms with Gasteiger partial charge in [-0.1, -0.05) is 43.7 Å². The molecule has 1 fully saturated rings. The van der Waals surface area contributed by atoms with Crippen molar-refractivity contribution in [1.29, 1.82) is 0 Å². The molecule has 0 spiro atoms. The summed E-state index contributed by atoms with van der Waals surface area (Å²) >= 11 is 0. The number of piperidine rings is 1. The van der Waals surface area contributed by atoms with Gasteiger partial charge >= 0.3 is 0 Å². The standard InChI is InChI=1S/C16H26N2/c1-14(15-8-4-3-5-9-15)13-18-11-7-6-10-16(18)12-17-2/h3-5,8-9,14,16-17H,6-7,10-13H2,1-2H3. The fourth-order valence-electron chi connectivity index (χ4n) is 3.01. The smallest absolute Gasteiger partial charge is 0.0220 e. The van der Waals surface area contributed by atoms with E-state index in [9.17, 15) is 0 Å². The summed E-state index contributed by atoms with van der Waals surface area (Å²) in [5.74, 6) is 0.628. The molecular weight excluding hydrogens is 220 g/mol. The Kier molecular flexibility index (Phi) is 5.21. The topological polar surface area (TPSA) is 15.3 Å². The highest BCUT2D eigenvalue weighted by Crippen LogP contribution is 2.22. The monoisotopic (exact) mass is 246 g/mol. The summed E-state index contributed by atoms with van der Waals surface area (Å²) in [6, 6.07) is 11.6. The molecule has 18 heavy (non-hydrogen) atoms. The van der Waals surface area contributed by atoms with E-state index in [0.29, 0.717) is 5.92 Å². The van der Waals surface area contributed by atoms with Crippen molar-refractivity contribution >= 4 is 0 Å². The van der Waals surface area contributed by atoms with Crippen LogP contribution in [0.2, 0.25) is 0 Å². The lowest BCUT2D eigenvalue weighted by atomic mass is 9.96. The van der Waals surface area contributed by atoms with Crippen molar-refractivity contribution in [2.45, 2.75) is 38.1 Å². The molecule has 2 unspecified atom stereocenters. The number of hydrogen-bond acceptors (Lipinski definition) is 2. The first-order chi connectivity index (χ1) is 8.81. The van der Waals surface area contributed by atoms with Crippen molar-refractivity contribution in [2.75, 3.05) is 26.7 Å². The molecule has 1 saturated heterocycles. The summed E-state index contributed by atoms with van der Waals surface area (Å²) in [5, 5.41) is 3.34. The Bertz CT molecular complexity index is 334. The van der Waals surface area contributed by atoms with Crippen molar-refractivity contribution in [3.05, 3.63) is 35.9 Å². The maximum absolute atomic E-state index is 3.34. The van der Waals surface area contributed by atoms with E-state index in [2.05, 4.69) is 54.5 Å². The SMILES string of the molecule is CNCC1CCCCN1CC(C)c1ccccc1. The number of likely N-dealkylation sites (N-methyl/N-ethyl adjacent to an activating group) is 1. The molecule has 0 aliphatic carbocycles. The van der Waals surface area contributed by atoms with Gasteiger partial charge in [0.1, 0.15) is 0 Å². The minimum Gasteiger partial charge on any atom is -0.318 e. The largest absolute Gasteiger partial charge is 0.318 e. The van der Waals surface area contributed by atoms with E-state index in [4.69, 9.17) is 0 Å². The van der Waals surface area contributed by atoms with Crippen LogP contribution in [0.25, 0.3) is 0 Å². The number of benzene rings is 1. The third-order valence-electron chi connectivity index (χ3n) is 4.07. The predicted octanol–water partition coefficient (Wildman–Crippen LogP) is 2.86. The van der Waals surface area contributed by atoms with Crippen molar-refractivity contribution in [3.63, 3.8) is 0 Å². The van der Waals surface area contributed by atoms with Gasteiger partial charge in [-0.15, -0.1) is 0 Å². The average Bonchev–Trinajstić information content (AvgIpc) is 2.42. The number of hydrogen-bond donors (Lipinski definition) is 1. The summed E-state index contributed by atoms with van der Waals surface area (Å²) in [5.41, 5.74) is 1.46. The zero-order valence-electron chi connectivity index (χ0n) is 11.7. The summed E-state index contributed by atoms with van der Waals surface area (Å²) in [4.78, 5) is 2.68. The molecule has 0 aromatic heterocycles. The number of rotatable bonds is 5. The Morgan fingerprint density at radius 1 is 1.28 bits per heavy atom. The van der Waals surface area contributed by atoms with Gasteiger partial charge in [0.2, 0.25) is 0 Å². The van der Waals surface area contributed by atoms with Gasteiger partial charge in [-0.2, -0.15) is 0 Å². The van der Waals surface area contributed by atoms with E-state index in [0.717, 1.165) is 12.6 Å². The molecule has 1 heterocycles. The Balaban J connectivity index is 1.94. The zero-order chi connectivity index (χ0) is 12.8. The fourth-order valence-corrected chi connectivity index (χ4v) is 3.01. The van der Waals surface area contributed by atoms with Crippen LogP contribution in [0, 0.1) is 0 Å². The van der Waals surface area contributed by atoms with Gasteiger partial charge < -0.3 is 5.32 Å². The van der Waals surface area contributed by atoms with Crippen LogP contribution in [0.15, 0.2) is 30.3 Å². The van der Waals surface area contributed by atoms with E-state index in [-0.39, 0.29) is 0 Å².